The van der Waals surface area contributed by atoms with Crippen molar-refractivity contribution >= 4 is 11.9 Å². The number of rotatable bonds is 7. The third-order valence-corrected chi connectivity index (χ3v) is 4.10. The first-order chi connectivity index (χ1) is 10.1. The van der Waals surface area contributed by atoms with Gasteiger partial charge in [0.05, 0.1) is 0 Å². The van der Waals surface area contributed by atoms with Crippen LogP contribution in [-0.2, 0) is 11.3 Å². The van der Waals surface area contributed by atoms with Crippen LogP contribution < -0.4 is 5.32 Å². The van der Waals surface area contributed by atoms with Crippen molar-refractivity contribution in [3.63, 3.8) is 0 Å². The van der Waals surface area contributed by atoms with E-state index in [0.717, 1.165) is 6.54 Å². The Balaban J connectivity index is 1.72. The van der Waals surface area contributed by atoms with Crippen LogP contribution in [-0.4, -0.2) is 52.6 Å². The van der Waals surface area contributed by atoms with Crippen LogP contribution in [0, 0.1) is 0 Å². The number of aromatic nitrogens is 1. The monoisotopic (exact) mass is 293 g/mol. The van der Waals surface area contributed by atoms with E-state index in [1.54, 1.807) is 12.3 Å². The quantitative estimate of drug-likeness (QED) is 0.791. The van der Waals surface area contributed by atoms with E-state index in [1.165, 1.54) is 36.3 Å². The molecule has 1 fully saturated rings. The molecule has 0 saturated heterocycles. The lowest BCUT2D eigenvalue weighted by Gasteiger charge is -2.23. The number of nitrogens with zero attached hydrogens (tertiary/aromatic N) is 2. The van der Waals surface area contributed by atoms with Crippen LogP contribution in [0.5, 0.6) is 0 Å². The highest BCUT2D eigenvalue weighted by atomic mass is 16.4. The largest absolute Gasteiger partial charge is 0.477 e. The van der Waals surface area contributed by atoms with E-state index < -0.39 is 5.97 Å². The number of carboxylic acid groups (broad SMARTS) is 1. The SMILES string of the molecule is CN(CCNC(=O)Cn1cccc1C(=O)O)C1CCCC1. The van der Waals surface area contributed by atoms with Crippen LogP contribution in [0.25, 0.3) is 0 Å². The van der Waals surface area contributed by atoms with Gasteiger partial charge in [0.1, 0.15) is 12.2 Å². The molecular weight excluding hydrogens is 270 g/mol. The van der Waals surface area contributed by atoms with Crippen molar-refractivity contribution in [2.45, 2.75) is 38.3 Å². The van der Waals surface area contributed by atoms with Gasteiger partial charge in [-0.2, -0.15) is 0 Å². The van der Waals surface area contributed by atoms with Gasteiger partial charge in [-0.3, -0.25) is 4.79 Å². The number of carboxylic acids is 1. The molecule has 1 amide bonds. The van der Waals surface area contributed by atoms with Gasteiger partial charge < -0.3 is 19.9 Å². The van der Waals surface area contributed by atoms with Gasteiger partial charge in [0, 0.05) is 25.3 Å². The van der Waals surface area contributed by atoms with Crippen LogP contribution in [0.1, 0.15) is 36.2 Å². The summed E-state index contributed by atoms with van der Waals surface area (Å²) in [6.45, 7) is 1.46. The van der Waals surface area contributed by atoms with Crippen LogP contribution in [0.4, 0.5) is 0 Å². The van der Waals surface area contributed by atoms with Gasteiger partial charge in [0.25, 0.3) is 0 Å². The summed E-state index contributed by atoms with van der Waals surface area (Å²) in [5.41, 5.74) is 0.133. The molecule has 2 N–H and O–H groups in total. The minimum Gasteiger partial charge on any atom is -0.477 e. The molecule has 0 bridgehead atoms. The average molecular weight is 293 g/mol. The fraction of sp³-hybridized carbons (Fsp3) is 0.600. The minimum atomic E-state index is -1.02. The van der Waals surface area contributed by atoms with Gasteiger partial charge in [-0.25, -0.2) is 4.79 Å². The van der Waals surface area contributed by atoms with Crippen LogP contribution in [0.3, 0.4) is 0 Å². The summed E-state index contributed by atoms with van der Waals surface area (Å²) in [7, 11) is 2.09. The normalized spacial score (nSPS) is 15.5. The molecule has 116 valence electrons. The zero-order valence-electron chi connectivity index (χ0n) is 12.4. The Morgan fingerprint density at radius 2 is 2.14 bits per heavy atom. The Hall–Kier alpha value is -1.82. The number of carbonyl (C=O) groups is 2. The van der Waals surface area contributed by atoms with Crippen LogP contribution >= 0.6 is 0 Å². The van der Waals surface area contributed by atoms with Crippen molar-refractivity contribution in [2.24, 2.45) is 0 Å². The van der Waals surface area contributed by atoms with Gasteiger partial charge in [-0.1, -0.05) is 12.8 Å². The molecule has 21 heavy (non-hydrogen) atoms. The van der Waals surface area contributed by atoms with Crippen molar-refractivity contribution in [3.8, 4) is 0 Å². The van der Waals surface area contributed by atoms with E-state index in [0.29, 0.717) is 12.6 Å². The lowest BCUT2D eigenvalue weighted by atomic mass is 10.2. The molecule has 6 heteroatoms. The average Bonchev–Trinajstić information content (AvgIpc) is 3.09. The molecule has 1 aromatic heterocycles. The van der Waals surface area contributed by atoms with Gasteiger partial charge in [0.15, 0.2) is 0 Å². The Kier molecular flexibility index (Phi) is 5.38. The summed E-state index contributed by atoms with van der Waals surface area (Å²) in [4.78, 5) is 25.1. The number of aromatic carboxylic acids is 1. The summed E-state index contributed by atoms with van der Waals surface area (Å²) >= 11 is 0. The van der Waals surface area contributed by atoms with Gasteiger partial charge in [-0.05, 0) is 32.0 Å². The third-order valence-electron chi connectivity index (χ3n) is 4.10. The second kappa shape index (κ2) is 7.26. The van der Waals surface area contributed by atoms with Crippen molar-refractivity contribution in [2.75, 3.05) is 20.1 Å². The number of nitrogens with one attached hydrogen (secondary N) is 1. The van der Waals surface area contributed by atoms with E-state index in [1.807, 2.05) is 0 Å². The highest BCUT2D eigenvalue weighted by Gasteiger charge is 2.19. The standard InChI is InChI=1S/C15H23N3O3/c1-17(12-5-2-3-6-12)10-8-16-14(19)11-18-9-4-7-13(18)15(20)21/h4,7,9,12H,2-3,5-6,8,10-11H2,1H3,(H,16,19)(H,20,21). The Bertz CT molecular complexity index is 492. The maximum atomic E-state index is 11.8. The van der Waals surface area contributed by atoms with Crippen molar-refractivity contribution in [1.82, 2.24) is 14.8 Å². The lowest BCUT2D eigenvalue weighted by molar-refractivity contribution is -0.121. The van der Waals surface area contributed by atoms with Crippen molar-refractivity contribution in [3.05, 3.63) is 24.0 Å². The number of likely N-dealkylation sites (N-methyl/N-ethyl adjacent to an activating group) is 1. The first kappa shape index (κ1) is 15.6. The van der Waals surface area contributed by atoms with E-state index >= 15 is 0 Å². The number of amides is 1. The minimum absolute atomic E-state index is 0.0434. The van der Waals surface area contributed by atoms with E-state index in [4.69, 9.17) is 5.11 Å². The predicted octanol–water partition coefficient (Wildman–Crippen LogP) is 1.18. The van der Waals surface area contributed by atoms with E-state index in [2.05, 4.69) is 17.3 Å². The predicted molar refractivity (Wildman–Crippen MR) is 79.3 cm³/mol. The number of hydrogen-bond acceptors (Lipinski definition) is 3. The Morgan fingerprint density at radius 1 is 1.43 bits per heavy atom. The fourth-order valence-corrected chi connectivity index (χ4v) is 2.86. The second-order valence-corrected chi connectivity index (χ2v) is 5.60. The summed E-state index contributed by atoms with van der Waals surface area (Å²) in [5.74, 6) is -1.18. The Morgan fingerprint density at radius 3 is 2.81 bits per heavy atom. The van der Waals surface area contributed by atoms with Gasteiger partial charge in [0.2, 0.25) is 5.91 Å². The smallest absolute Gasteiger partial charge is 0.352 e. The molecule has 2 rings (SSSR count). The van der Waals surface area contributed by atoms with E-state index in [-0.39, 0.29) is 18.1 Å². The van der Waals surface area contributed by atoms with Gasteiger partial charge >= 0.3 is 5.97 Å². The molecule has 1 aliphatic rings. The third kappa shape index (κ3) is 4.32. The van der Waals surface area contributed by atoms with Crippen molar-refractivity contribution in [1.29, 1.82) is 0 Å². The summed E-state index contributed by atoms with van der Waals surface area (Å²) < 4.78 is 1.44. The van der Waals surface area contributed by atoms with Crippen molar-refractivity contribution < 1.29 is 14.7 Å². The molecule has 1 heterocycles. The molecule has 0 radical (unpaired) electrons. The molecule has 0 spiro atoms. The lowest BCUT2D eigenvalue weighted by Crippen LogP contribution is -2.38. The Labute approximate surface area is 124 Å². The van der Waals surface area contributed by atoms with E-state index in [9.17, 15) is 9.59 Å². The molecule has 1 aromatic rings. The van der Waals surface area contributed by atoms with Crippen LogP contribution in [0.15, 0.2) is 18.3 Å². The molecular formula is C15H23N3O3. The molecule has 0 unspecified atom stereocenters. The molecule has 6 nitrogen and oxygen atoms in total. The highest BCUT2D eigenvalue weighted by Crippen LogP contribution is 2.21. The fourth-order valence-electron chi connectivity index (χ4n) is 2.86. The first-order valence-electron chi connectivity index (χ1n) is 7.43. The number of carbonyl (C=O) groups excluding carboxylic acids is 1. The van der Waals surface area contributed by atoms with Gasteiger partial charge in [-0.15, -0.1) is 0 Å². The first-order valence-corrected chi connectivity index (χ1v) is 7.43. The molecule has 1 aliphatic carbocycles. The second-order valence-electron chi connectivity index (χ2n) is 5.60. The molecule has 0 aromatic carbocycles. The number of hydrogen-bond donors (Lipinski definition) is 2. The molecule has 0 atom stereocenters. The highest BCUT2D eigenvalue weighted by molar-refractivity contribution is 5.86. The van der Waals surface area contributed by atoms with Crippen LogP contribution in [0.2, 0.25) is 0 Å². The summed E-state index contributed by atoms with van der Waals surface area (Å²) in [6, 6.07) is 3.76. The summed E-state index contributed by atoms with van der Waals surface area (Å²) in [6.07, 6.45) is 6.69. The topological polar surface area (TPSA) is 74.6 Å². The maximum absolute atomic E-state index is 11.8. The molecule has 0 aliphatic heterocycles. The zero-order chi connectivity index (χ0) is 15.2. The molecule has 1 saturated carbocycles. The zero-order valence-corrected chi connectivity index (χ0v) is 12.4. The maximum Gasteiger partial charge on any atom is 0.352 e. The summed E-state index contributed by atoms with van der Waals surface area (Å²) in [5, 5.41) is 11.8.